The summed E-state index contributed by atoms with van der Waals surface area (Å²) in [5.74, 6) is -0.107. The Bertz CT molecular complexity index is 948. The van der Waals surface area contributed by atoms with Crippen LogP contribution < -0.4 is 10.6 Å². The van der Waals surface area contributed by atoms with E-state index in [1.54, 1.807) is 0 Å². The van der Waals surface area contributed by atoms with Crippen LogP contribution in [0.2, 0.25) is 0 Å². The molecule has 0 fully saturated rings. The van der Waals surface area contributed by atoms with Gasteiger partial charge in [-0.3, -0.25) is 9.78 Å². The lowest BCUT2D eigenvalue weighted by molar-refractivity contribution is 0.102. The van der Waals surface area contributed by atoms with Crippen LogP contribution in [0.3, 0.4) is 0 Å². The number of anilines is 2. The monoisotopic (exact) mass is 343 g/mol. The molecule has 4 nitrogen and oxygen atoms in total. The molecule has 3 aromatic rings. The number of benzene rings is 2. The third-order valence-corrected chi connectivity index (χ3v) is 4.64. The van der Waals surface area contributed by atoms with Crippen molar-refractivity contribution in [3.63, 3.8) is 0 Å². The van der Waals surface area contributed by atoms with Gasteiger partial charge < -0.3 is 10.6 Å². The average molecular weight is 343 g/mol. The van der Waals surface area contributed by atoms with E-state index in [-0.39, 0.29) is 5.91 Å². The summed E-state index contributed by atoms with van der Waals surface area (Å²) in [5, 5.41) is 6.37. The molecule has 0 saturated carbocycles. The molecule has 1 aliphatic heterocycles. The predicted molar refractivity (Wildman–Crippen MR) is 106 cm³/mol. The van der Waals surface area contributed by atoms with Gasteiger partial charge >= 0.3 is 0 Å². The number of hydrogen-bond acceptors (Lipinski definition) is 3. The number of rotatable bonds is 3. The largest absolute Gasteiger partial charge is 0.385 e. The minimum atomic E-state index is -0.107. The number of amides is 1. The molecule has 4 heteroatoms. The lowest BCUT2D eigenvalue weighted by atomic mass is 10.0. The fourth-order valence-electron chi connectivity index (χ4n) is 3.24. The maximum atomic E-state index is 12.5. The number of nitrogens with zero attached hydrogens (tertiary/aromatic N) is 1. The number of fused-ring (bicyclic) bond motifs is 1. The fraction of sp³-hybridized carbons (Fsp3) is 0.182. The summed E-state index contributed by atoms with van der Waals surface area (Å²) in [7, 11) is 0. The number of nitrogens with one attached hydrogen (secondary N) is 2. The highest BCUT2D eigenvalue weighted by atomic mass is 16.1. The highest BCUT2D eigenvalue weighted by Gasteiger charge is 2.11. The van der Waals surface area contributed by atoms with Gasteiger partial charge in [0.2, 0.25) is 0 Å². The predicted octanol–water partition coefficient (Wildman–Crippen LogP) is 4.67. The van der Waals surface area contributed by atoms with Gasteiger partial charge in [0, 0.05) is 34.7 Å². The number of carbonyl (C=O) groups is 1. The molecule has 2 aromatic carbocycles. The fourth-order valence-corrected chi connectivity index (χ4v) is 3.24. The summed E-state index contributed by atoms with van der Waals surface area (Å²) in [6.07, 6.45) is 2.24. The van der Waals surface area contributed by atoms with E-state index in [9.17, 15) is 4.79 Å². The quantitative estimate of drug-likeness (QED) is 0.727. The second-order valence-electron chi connectivity index (χ2n) is 6.60. The average Bonchev–Trinajstić information content (AvgIpc) is 2.68. The molecule has 0 radical (unpaired) electrons. The molecule has 0 atom stereocenters. The molecule has 2 N–H and O–H groups in total. The van der Waals surface area contributed by atoms with Crippen molar-refractivity contribution >= 4 is 17.3 Å². The third-order valence-electron chi connectivity index (χ3n) is 4.64. The first kappa shape index (κ1) is 16.3. The van der Waals surface area contributed by atoms with Gasteiger partial charge in [0.15, 0.2) is 0 Å². The summed E-state index contributed by atoms with van der Waals surface area (Å²) in [6, 6.07) is 19.5. The van der Waals surface area contributed by atoms with Gasteiger partial charge in [-0.2, -0.15) is 0 Å². The summed E-state index contributed by atoms with van der Waals surface area (Å²) in [6.45, 7) is 2.96. The molecular formula is C22H21N3O. The maximum absolute atomic E-state index is 12.5. The van der Waals surface area contributed by atoms with E-state index >= 15 is 0 Å². The summed E-state index contributed by atoms with van der Waals surface area (Å²) in [5.41, 5.74) is 6.77. The third kappa shape index (κ3) is 3.45. The van der Waals surface area contributed by atoms with Crippen LogP contribution in [-0.4, -0.2) is 17.4 Å². The Labute approximate surface area is 153 Å². The van der Waals surface area contributed by atoms with Gasteiger partial charge in [0.1, 0.15) is 0 Å². The maximum Gasteiger partial charge on any atom is 0.255 e. The van der Waals surface area contributed by atoms with Crippen LogP contribution in [0.1, 0.15) is 28.0 Å². The van der Waals surface area contributed by atoms with Crippen molar-refractivity contribution in [3.8, 4) is 11.3 Å². The molecule has 0 saturated heterocycles. The van der Waals surface area contributed by atoms with Gasteiger partial charge in [0.25, 0.3) is 5.91 Å². The second-order valence-corrected chi connectivity index (χ2v) is 6.60. The molecule has 1 aromatic heterocycles. The molecule has 0 aliphatic carbocycles. The Hall–Kier alpha value is -3.14. The number of carbonyl (C=O) groups excluding carboxylic acids is 1. The Morgan fingerprint density at radius 2 is 1.92 bits per heavy atom. The van der Waals surface area contributed by atoms with E-state index in [1.807, 2.05) is 61.5 Å². The smallest absolute Gasteiger partial charge is 0.255 e. The molecule has 26 heavy (non-hydrogen) atoms. The summed E-state index contributed by atoms with van der Waals surface area (Å²) in [4.78, 5) is 17.1. The first-order valence-electron chi connectivity index (χ1n) is 8.91. The SMILES string of the molecule is Cc1cccc(-c2ccc(C(=O)Nc3ccc4c(c3)NCCC4)cc2)n1. The second kappa shape index (κ2) is 7.00. The number of aromatic nitrogens is 1. The van der Waals surface area contributed by atoms with Crippen LogP contribution in [0.4, 0.5) is 11.4 Å². The van der Waals surface area contributed by atoms with Crippen molar-refractivity contribution in [3.05, 3.63) is 77.5 Å². The van der Waals surface area contributed by atoms with E-state index in [2.05, 4.69) is 21.7 Å². The van der Waals surface area contributed by atoms with Crippen molar-refractivity contribution in [1.29, 1.82) is 0 Å². The molecule has 4 rings (SSSR count). The first-order chi connectivity index (χ1) is 12.7. The van der Waals surface area contributed by atoms with Crippen LogP contribution in [0.25, 0.3) is 11.3 Å². The van der Waals surface area contributed by atoms with Crippen molar-refractivity contribution in [2.75, 3.05) is 17.2 Å². The molecule has 0 unspecified atom stereocenters. The topological polar surface area (TPSA) is 54.0 Å². The molecular weight excluding hydrogens is 322 g/mol. The molecule has 130 valence electrons. The molecule has 2 heterocycles. The Morgan fingerprint density at radius 3 is 2.73 bits per heavy atom. The molecule has 0 spiro atoms. The Kier molecular flexibility index (Phi) is 4.40. The van der Waals surface area contributed by atoms with Crippen LogP contribution in [0, 0.1) is 6.92 Å². The molecule has 0 bridgehead atoms. The molecule has 1 amide bonds. The lowest BCUT2D eigenvalue weighted by Gasteiger charge is -2.18. The zero-order valence-corrected chi connectivity index (χ0v) is 14.8. The van der Waals surface area contributed by atoms with E-state index < -0.39 is 0 Å². The Morgan fingerprint density at radius 1 is 1.08 bits per heavy atom. The lowest BCUT2D eigenvalue weighted by Crippen LogP contribution is -2.14. The van der Waals surface area contributed by atoms with Gasteiger partial charge in [-0.05, 0) is 61.7 Å². The minimum Gasteiger partial charge on any atom is -0.385 e. The summed E-state index contributed by atoms with van der Waals surface area (Å²) < 4.78 is 0. The van der Waals surface area contributed by atoms with Crippen molar-refractivity contribution in [1.82, 2.24) is 4.98 Å². The van der Waals surface area contributed by atoms with Crippen molar-refractivity contribution in [2.24, 2.45) is 0 Å². The number of aryl methyl sites for hydroxylation is 2. The standard InChI is InChI=1S/C22H21N3O/c1-15-4-2-6-20(24-15)17-7-9-18(10-8-17)22(26)25-19-12-11-16-5-3-13-23-21(16)14-19/h2,4,6-12,14,23H,3,5,13H2,1H3,(H,25,26). The van der Waals surface area contributed by atoms with E-state index in [4.69, 9.17) is 0 Å². The van der Waals surface area contributed by atoms with E-state index in [0.717, 1.165) is 47.7 Å². The van der Waals surface area contributed by atoms with Crippen LogP contribution in [-0.2, 0) is 6.42 Å². The van der Waals surface area contributed by atoms with Crippen LogP contribution >= 0.6 is 0 Å². The number of pyridine rings is 1. The van der Waals surface area contributed by atoms with Crippen LogP contribution in [0.5, 0.6) is 0 Å². The minimum absolute atomic E-state index is 0.107. The van der Waals surface area contributed by atoms with Gasteiger partial charge in [-0.25, -0.2) is 0 Å². The van der Waals surface area contributed by atoms with Crippen molar-refractivity contribution in [2.45, 2.75) is 19.8 Å². The highest BCUT2D eigenvalue weighted by molar-refractivity contribution is 6.04. The zero-order chi connectivity index (χ0) is 17.9. The van der Waals surface area contributed by atoms with E-state index in [1.165, 1.54) is 5.56 Å². The molecule has 1 aliphatic rings. The Balaban J connectivity index is 1.50. The summed E-state index contributed by atoms with van der Waals surface area (Å²) >= 11 is 0. The normalized spacial score (nSPS) is 12.8. The highest BCUT2D eigenvalue weighted by Crippen LogP contribution is 2.26. The van der Waals surface area contributed by atoms with Gasteiger partial charge in [-0.1, -0.05) is 24.3 Å². The van der Waals surface area contributed by atoms with Crippen LogP contribution in [0.15, 0.2) is 60.7 Å². The van der Waals surface area contributed by atoms with E-state index in [0.29, 0.717) is 5.56 Å². The first-order valence-corrected chi connectivity index (χ1v) is 8.91. The van der Waals surface area contributed by atoms with Crippen molar-refractivity contribution < 1.29 is 4.79 Å². The van der Waals surface area contributed by atoms with Gasteiger partial charge in [0.05, 0.1) is 5.69 Å². The zero-order valence-electron chi connectivity index (χ0n) is 14.8. The number of hydrogen-bond donors (Lipinski definition) is 2. The van der Waals surface area contributed by atoms with Gasteiger partial charge in [-0.15, -0.1) is 0 Å².